The first-order chi connectivity index (χ1) is 9.61. The van der Waals surface area contributed by atoms with Gasteiger partial charge in [-0.25, -0.2) is 4.79 Å². The maximum absolute atomic E-state index is 11.2. The van der Waals surface area contributed by atoms with Crippen molar-refractivity contribution in [2.24, 2.45) is 0 Å². The molecular weight excluding hydrogens is 252 g/mol. The van der Waals surface area contributed by atoms with Crippen LogP contribution >= 0.6 is 0 Å². The maximum Gasteiger partial charge on any atom is 0.323 e. The van der Waals surface area contributed by atoms with Gasteiger partial charge >= 0.3 is 5.69 Å². The number of anilines is 2. The third-order valence-corrected chi connectivity index (χ3v) is 3.31. The normalized spacial score (nSPS) is 10.8. The topological polar surface area (TPSA) is 77.9 Å². The molecule has 1 aromatic heterocycles. The summed E-state index contributed by atoms with van der Waals surface area (Å²) in [7, 11) is 2.01. The smallest absolute Gasteiger partial charge is 0.323 e. The van der Waals surface area contributed by atoms with Crippen LogP contribution in [-0.2, 0) is 6.54 Å². The first kappa shape index (κ1) is 12.3. The highest BCUT2D eigenvalue weighted by Gasteiger charge is 2.04. The highest BCUT2D eigenvalue weighted by Crippen LogP contribution is 2.19. The van der Waals surface area contributed by atoms with Crippen LogP contribution in [0.2, 0.25) is 0 Å². The Bertz CT molecular complexity index is 803. The maximum atomic E-state index is 11.2. The second-order valence-electron chi connectivity index (χ2n) is 4.91. The number of fused-ring (bicyclic) bond motifs is 1. The first-order valence-electron chi connectivity index (χ1n) is 6.39. The van der Waals surface area contributed by atoms with Gasteiger partial charge in [-0.2, -0.15) is 0 Å². The van der Waals surface area contributed by atoms with Crippen LogP contribution in [0.4, 0.5) is 11.4 Å². The molecule has 0 unspecified atom stereocenters. The molecule has 20 heavy (non-hydrogen) atoms. The Morgan fingerprint density at radius 3 is 2.70 bits per heavy atom. The number of nitrogens with zero attached hydrogens (tertiary/aromatic N) is 1. The summed E-state index contributed by atoms with van der Waals surface area (Å²) in [6.07, 6.45) is 0. The molecule has 0 aliphatic carbocycles. The molecule has 0 fully saturated rings. The summed E-state index contributed by atoms with van der Waals surface area (Å²) in [5, 5.41) is 0. The Morgan fingerprint density at radius 1 is 1.10 bits per heavy atom. The summed E-state index contributed by atoms with van der Waals surface area (Å²) in [6, 6.07) is 13.7. The van der Waals surface area contributed by atoms with Crippen molar-refractivity contribution in [2.75, 3.05) is 17.7 Å². The molecule has 2 aromatic carbocycles. The molecule has 0 aliphatic rings. The summed E-state index contributed by atoms with van der Waals surface area (Å²) < 4.78 is 0. The third-order valence-electron chi connectivity index (χ3n) is 3.31. The fourth-order valence-electron chi connectivity index (χ4n) is 2.31. The van der Waals surface area contributed by atoms with Crippen LogP contribution in [0.25, 0.3) is 11.0 Å². The van der Waals surface area contributed by atoms with Crippen LogP contribution in [-0.4, -0.2) is 17.0 Å². The van der Waals surface area contributed by atoms with Crippen LogP contribution in [0.15, 0.2) is 47.3 Å². The molecule has 5 nitrogen and oxygen atoms in total. The monoisotopic (exact) mass is 268 g/mol. The highest BCUT2D eigenvalue weighted by molar-refractivity contribution is 5.75. The molecule has 0 bridgehead atoms. The molecule has 0 spiro atoms. The van der Waals surface area contributed by atoms with Gasteiger partial charge in [0, 0.05) is 25.0 Å². The number of aromatic nitrogens is 2. The molecule has 5 heteroatoms. The Kier molecular flexibility index (Phi) is 2.95. The summed E-state index contributed by atoms with van der Waals surface area (Å²) in [4.78, 5) is 18.9. The van der Waals surface area contributed by atoms with Crippen molar-refractivity contribution >= 4 is 22.4 Å². The molecule has 102 valence electrons. The number of nitrogens with two attached hydrogens (primary N) is 1. The van der Waals surface area contributed by atoms with Gasteiger partial charge in [0.2, 0.25) is 0 Å². The van der Waals surface area contributed by atoms with Crippen LogP contribution in [0.1, 0.15) is 5.56 Å². The average molecular weight is 268 g/mol. The van der Waals surface area contributed by atoms with Crippen LogP contribution < -0.4 is 16.3 Å². The van der Waals surface area contributed by atoms with Crippen molar-refractivity contribution in [3.05, 3.63) is 58.5 Å². The number of nitrogens with one attached hydrogen (secondary N) is 2. The molecule has 4 N–H and O–H groups in total. The van der Waals surface area contributed by atoms with E-state index in [1.165, 1.54) is 0 Å². The summed E-state index contributed by atoms with van der Waals surface area (Å²) in [5.74, 6) is 0. The minimum Gasteiger partial charge on any atom is -0.399 e. The van der Waals surface area contributed by atoms with Gasteiger partial charge in [-0.1, -0.05) is 12.1 Å². The van der Waals surface area contributed by atoms with Crippen molar-refractivity contribution < 1.29 is 0 Å². The number of rotatable bonds is 3. The first-order valence-corrected chi connectivity index (χ1v) is 6.39. The van der Waals surface area contributed by atoms with E-state index < -0.39 is 0 Å². The molecule has 0 saturated carbocycles. The van der Waals surface area contributed by atoms with E-state index in [-0.39, 0.29) is 5.69 Å². The van der Waals surface area contributed by atoms with E-state index in [0.717, 1.165) is 34.5 Å². The van der Waals surface area contributed by atoms with Gasteiger partial charge in [0.1, 0.15) is 0 Å². The zero-order valence-corrected chi connectivity index (χ0v) is 11.2. The van der Waals surface area contributed by atoms with Gasteiger partial charge in [-0.15, -0.1) is 0 Å². The minimum absolute atomic E-state index is 0.179. The second kappa shape index (κ2) is 4.77. The van der Waals surface area contributed by atoms with E-state index in [2.05, 4.69) is 14.9 Å². The van der Waals surface area contributed by atoms with Gasteiger partial charge in [0.15, 0.2) is 0 Å². The molecule has 3 rings (SSSR count). The number of aromatic amines is 2. The minimum atomic E-state index is -0.179. The fraction of sp³-hybridized carbons (Fsp3) is 0.133. The predicted octanol–water partition coefficient (Wildman–Crippen LogP) is 2.07. The lowest BCUT2D eigenvalue weighted by molar-refractivity contribution is 0.925. The molecule has 0 amide bonds. The number of hydrogen-bond acceptors (Lipinski definition) is 3. The number of benzene rings is 2. The van der Waals surface area contributed by atoms with Crippen LogP contribution in [0, 0.1) is 0 Å². The molecule has 0 radical (unpaired) electrons. The van der Waals surface area contributed by atoms with E-state index in [1.807, 2.05) is 49.5 Å². The van der Waals surface area contributed by atoms with Gasteiger partial charge in [-0.3, -0.25) is 0 Å². The number of H-pyrrole nitrogens is 2. The molecule has 3 aromatic rings. The Labute approximate surface area is 116 Å². The molecule has 0 aliphatic heterocycles. The zero-order valence-electron chi connectivity index (χ0n) is 11.2. The Balaban J connectivity index is 1.86. The van der Waals surface area contributed by atoms with Gasteiger partial charge < -0.3 is 20.6 Å². The van der Waals surface area contributed by atoms with Gasteiger partial charge in [-0.05, 0) is 35.9 Å². The lowest BCUT2D eigenvalue weighted by atomic mass is 10.1. The summed E-state index contributed by atoms with van der Waals surface area (Å²) >= 11 is 0. The molecule has 0 saturated heterocycles. The van der Waals surface area contributed by atoms with E-state index >= 15 is 0 Å². The highest BCUT2D eigenvalue weighted by atomic mass is 16.1. The predicted molar refractivity (Wildman–Crippen MR) is 81.9 cm³/mol. The lowest BCUT2D eigenvalue weighted by Gasteiger charge is -2.19. The fourth-order valence-corrected chi connectivity index (χ4v) is 2.31. The molecule has 1 heterocycles. The van der Waals surface area contributed by atoms with E-state index in [0.29, 0.717) is 0 Å². The number of nitrogen functional groups attached to an aromatic ring is 1. The van der Waals surface area contributed by atoms with Crippen molar-refractivity contribution in [1.29, 1.82) is 0 Å². The zero-order chi connectivity index (χ0) is 14.1. The average Bonchev–Trinajstić information content (AvgIpc) is 2.78. The lowest BCUT2D eigenvalue weighted by Crippen LogP contribution is -2.16. The third kappa shape index (κ3) is 2.38. The number of imidazole rings is 1. The summed E-state index contributed by atoms with van der Waals surface area (Å²) in [6.45, 7) is 0.743. The van der Waals surface area contributed by atoms with Crippen molar-refractivity contribution in [2.45, 2.75) is 6.54 Å². The standard InChI is InChI=1S/C15H16N4O/c1-19(12-4-2-3-11(16)8-12)9-10-5-6-13-14(7-10)18-15(20)17-13/h2-8H,9,16H2,1H3,(H2,17,18,20). The number of hydrogen-bond donors (Lipinski definition) is 3. The Morgan fingerprint density at radius 2 is 1.90 bits per heavy atom. The van der Waals surface area contributed by atoms with Crippen LogP contribution in [0.3, 0.4) is 0 Å². The van der Waals surface area contributed by atoms with Gasteiger partial charge in [0.25, 0.3) is 0 Å². The molecule has 0 atom stereocenters. The van der Waals surface area contributed by atoms with E-state index in [9.17, 15) is 4.79 Å². The van der Waals surface area contributed by atoms with E-state index in [4.69, 9.17) is 5.73 Å². The summed E-state index contributed by atoms with van der Waals surface area (Å²) in [5.41, 5.74) is 10.2. The SMILES string of the molecule is CN(Cc1ccc2[nH]c(=O)[nH]c2c1)c1cccc(N)c1. The largest absolute Gasteiger partial charge is 0.399 e. The van der Waals surface area contributed by atoms with Crippen LogP contribution in [0.5, 0.6) is 0 Å². The van der Waals surface area contributed by atoms with Gasteiger partial charge in [0.05, 0.1) is 11.0 Å². The van der Waals surface area contributed by atoms with Crippen molar-refractivity contribution in [3.8, 4) is 0 Å². The molecular formula is C15H16N4O. The Hall–Kier alpha value is -2.69. The van der Waals surface area contributed by atoms with E-state index in [1.54, 1.807) is 0 Å². The van der Waals surface area contributed by atoms with Crippen molar-refractivity contribution in [3.63, 3.8) is 0 Å². The van der Waals surface area contributed by atoms with Crippen molar-refractivity contribution in [1.82, 2.24) is 9.97 Å². The quantitative estimate of drug-likeness (QED) is 0.636. The second-order valence-corrected chi connectivity index (χ2v) is 4.91.